The number of carboxylic acids is 1. The van der Waals surface area contributed by atoms with Crippen LogP contribution in [-0.2, 0) is 0 Å². The molecule has 7 nitrogen and oxygen atoms in total. The van der Waals surface area contributed by atoms with E-state index in [4.69, 9.17) is 9.84 Å². The van der Waals surface area contributed by atoms with Gasteiger partial charge < -0.3 is 25.8 Å². The van der Waals surface area contributed by atoms with E-state index in [1.165, 1.54) is 25.3 Å². The van der Waals surface area contributed by atoms with Crippen LogP contribution >= 0.6 is 0 Å². The zero-order chi connectivity index (χ0) is 15.0. The number of carbonyl (C=O) groups excluding carboxylic acids is 1. The van der Waals surface area contributed by atoms with Gasteiger partial charge >= 0.3 is 12.0 Å². The van der Waals surface area contributed by atoms with E-state index in [9.17, 15) is 9.59 Å². The van der Waals surface area contributed by atoms with Gasteiger partial charge in [-0.15, -0.1) is 0 Å². The van der Waals surface area contributed by atoms with Gasteiger partial charge in [0.05, 0.1) is 18.4 Å². The van der Waals surface area contributed by atoms with Crippen LogP contribution < -0.4 is 20.7 Å². The van der Waals surface area contributed by atoms with Crippen LogP contribution in [0.5, 0.6) is 5.75 Å². The van der Waals surface area contributed by atoms with E-state index in [1.54, 1.807) is 0 Å². The molecule has 0 saturated carbocycles. The summed E-state index contributed by atoms with van der Waals surface area (Å²) in [6.45, 7) is 1.29. The topological polar surface area (TPSA) is 99.7 Å². The number of nitrogens with one attached hydrogen (secondary N) is 3. The minimum Gasteiger partial charge on any atom is -0.497 e. The molecular formula is C13H19N3O4. The molecule has 110 valence electrons. The van der Waals surface area contributed by atoms with Crippen molar-refractivity contribution in [2.24, 2.45) is 0 Å². The number of carbonyl (C=O) groups is 2. The number of ether oxygens (including phenoxy) is 1. The SMILES string of the molecule is CNCCCNC(=O)Nc1cc(OC)ccc1C(=O)O. The Bertz CT molecular complexity index is 477. The third-order valence-electron chi connectivity index (χ3n) is 2.59. The minimum atomic E-state index is -1.11. The van der Waals surface area contributed by atoms with Gasteiger partial charge in [-0.25, -0.2) is 9.59 Å². The van der Waals surface area contributed by atoms with Crippen LogP contribution in [-0.4, -0.2) is 44.4 Å². The van der Waals surface area contributed by atoms with Gasteiger partial charge in [-0.05, 0) is 32.1 Å². The molecule has 0 bridgehead atoms. The summed E-state index contributed by atoms with van der Waals surface area (Å²) in [5.41, 5.74) is 0.208. The second-order valence-electron chi connectivity index (χ2n) is 4.05. The molecule has 0 aliphatic heterocycles. The first-order chi connectivity index (χ1) is 9.58. The summed E-state index contributed by atoms with van der Waals surface area (Å²) < 4.78 is 5.01. The van der Waals surface area contributed by atoms with Crippen molar-refractivity contribution in [1.82, 2.24) is 10.6 Å². The first-order valence-electron chi connectivity index (χ1n) is 6.19. The maximum Gasteiger partial charge on any atom is 0.337 e. The van der Waals surface area contributed by atoms with E-state index in [2.05, 4.69) is 16.0 Å². The predicted molar refractivity (Wildman–Crippen MR) is 75.5 cm³/mol. The van der Waals surface area contributed by atoms with Gasteiger partial charge in [-0.1, -0.05) is 0 Å². The quantitative estimate of drug-likeness (QED) is 0.561. The Morgan fingerprint density at radius 3 is 2.65 bits per heavy atom. The maximum absolute atomic E-state index is 11.7. The molecule has 0 aliphatic rings. The van der Waals surface area contributed by atoms with Gasteiger partial charge in [0.15, 0.2) is 0 Å². The van der Waals surface area contributed by atoms with Gasteiger partial charge in [-0.3, -0.25) is 0 Å². The Labute approximate surface area is 117 Å². The molecule has 1 rings (SSSR count). The highest BCUT2D eigenvalue weighted by atomic mass is 16.5. The number of anilines is 1. The van der Waals surface area contributed by atoms with Crippen LogP contribution in [0.1, 0.15) is 16.8 Å². The maximum atomic E-state index is 11.7. The fraction of sp³-hybridized carbons (Fsp3) is 0.385. The monoisotopic (exact) mass is 281 g/mol. The Hall–Kier alpha value is -2.28. The van der Waals surface area contributed by atoms with E-state index >= 15 is 0 Å². The lowest BCUT2D eigenvalue weighted by Gasteiger charge is -2.11. The molecule has 0 aromatic heterocycles. The predicted octanol–water partition coefficient (Wildman–Crippen LogP) is 1.12. The molecule has 0 fully saturated rings. The molecule has 0 heterocycles. The normalized spacial score (nSPS) is 9.90. The number of carboxylic acid groups (broad SMARTS) is 1. The molecule has 0 radical (unpaired) electrons. The smallest absolute Gasteiger partial charge is 0.337 e. The number of methoxy groups -OCH3 is 1. The average molecular weight is 281 g/mol. The number of rotatable bonds is 7. The zero-order valence-electron chi connectivity index (χ0n) is 11.5. The summed E-state index contributed by atoms with van der Waals surface area (Å²) in [7, 11) is 3.30. The second kappa shape index (κ2) is 8.00. The van der Waals surface area contributed by atoms with E-state index in [-0.39, 0.29) is 11.3 Å². The summed E-state index contributed by atoms with van der Waals surface area (Å²) >= 11 is 0. The van der Waals surface area contributed by atoms with Crippen LogP contribution in [0.25, 0.3) is 0 Å². The van der Waals surface area contributed by atoms with Crippen molar-refractivity contribution in [3.05, 3.63) is 23.8 Å². The number of hydrogen-bond acceptors (Lipinski definition) is 4. The Balaban J connectivity index is 2.69. The van der Waals surface area contributed by atoms with Crippen molar-refractivity contribution in [2.75, 3.05) is 32.6 Å². The van der Waals surface area contributed by atoms with Crippen molar-refractivity contribution >= 4 is 17.7 Å². The van der Waals surface area contributed by atoms with Gasteiger partial charge in [0.1, 0.15) is 5.75 Å². The number of benzene rings is 1. The lowest BCUT2D eigenvalue weighted by molar-refractivity contribution is 0.0698. The van der Waals surface area contributed by atoms with E-state index in [0.717, 1.165) is 13.0 Å². The Morgan fingerprint density at radius 2 is 2.05 bits per heavy atom. The zero-order valence-corrected chi connectivity index (χ0v) is 11.5. The standard InChI is InChI=1S/C13H19N3O4/c1-14-6-3-7-15-13(19)16-11-8-9(20-2)4-5-10(11)12(17)18/h4-5,8,14H,3,6-7H2,1-2H3,(H,17,18)(H2,15,16,19). The molecule has 0 saturated heterocycles. The third kappa shape index (κ3) is 4.77. The number of aromatic carboxylic acids is 1. The fourth-order valence-corrected chi connectivity index (χ4v) is 1.57. The second-order valence-corrected chi connectivity index (χ2v) is 4.05. The molecule has 0 spiro atoms. The first kappa shape index (κ1) is 15.8. The summed E-state index contributed by atoms with van der Waals surface area (Å²) in [5, 5.41) is 17.2. The van der Waals surface area contributed by atoms with E-state index < -0.39 is 12.0 Å². The molecule has 0 atom stereocenters. The van der Waals surface area contributed by atoms with Gasteiger partial charge in [-0.2, -0.15) is 0 Å². The van der Waals surface area contributed by atoms with Crippen LogP contribution in [0.2, 0.25) is 0 Å². The Morgan fingerprint density at radius 1 is 1.30 bits per heavy atom. The third-order valence-corrected chi connectivity index (χ3v) is 2.59. The Kier molecular flexibility index (Phi) is 6.31. The van der Waals surface area contributed by atoms with Crippen molar-refractivity contribution < 1.29 is 19.4 Å². The molecule has 4 N–H and O–H groups in total. The molecule has 7 heteroatoms. The largest absolute Gasteiger partial charge is 0.497 e. The van der Waals surface area contributed by atoms with Crippen LogP contribution in [0.3, 0.4) is 0 Å². The van der Waals surface area contributed by atoms with Gasteiger partial charge in [0.2, 0.25) is 0 Å². The highest BCUT2D eigenvalue weighted by molar-refractivity contribution is 6.00. The summed E-state index contributed by atoms with van der Waals surface area (Å²) in [5.74, 6) is -0.640. The molecule has 1 aromatic rings. The highest BCUT2D eigenvalue weighted by Crippen LogP contribution is 2.22. The number of urea groups is 1. The molecular weight excluding hydrogens is 262 g/mol. The lowest BCUT2D eigenvalue weighted by atomic mass is 10.1. The lowest BCUT2D eigenvalue weighted by Crippen LogP contribution is -2.31. The minimum absolute atomic E-state index is 0.0103. The first-order valence-corrected chi connectivity index (χ1v) is 6.19. The van der Waals surface area contributed by atoms with Gasteiger partial charge in [0.25, 0.3) is 0 Å². The summed E-state index contributed by atoms with van der Waals surface area (Å²) in [6.07, 6.45) is 0.786. The number of amides is 2. The van der Waals surface area contributed by atoms with Crippen LogP contribution in [0.15, 0.2) is 18.2 Å². The van der Waals surface area contributed by atoms with Crippen molar-refractivity contribution in [3.8, 4) is 5.75 Å². The van der Waals surface area contributed by atoms with E-state index in [0.29, 0.717) is 12.3 Å². The van der Waals surface area contributed by atoms with Crippen molar-refractivity contribution in [1.29, 1.82) is 0 Å². The van der Waals surface area contributed by atoms with Crippen molar-refractivity contribution in [2.45, 2.75) is 6.42 Å². The van der Waals surface area contributed by atoms with E-state index in [1.807, 2.05) is 7.05 Å². The number of hydrogen-bond donors (Lipinski definition) is 4. The fourth-order valence-electron chi connectivity index (χ4n) is 1.57. The highest BCUT2D eigenvalue weighted by Gasteiger charge is 2.13. The van der Waals surface area contributed by atoms with Crippen LogP contribution in [0, 0.1) is 0 Å². The summed E-state index contributed by atoms with van der Waals surface area (Å²) in [4.78, 5) is 22.8. The van der Waals surface area contributed by atoms with Crippen molar-refractivity contribution in [3.63, 3.8) is 0 Å². The molecule has 0 unspecified atom stereocenters. The molecule has 20 heavy (non-hydrogen) atoms. The van der Waals surface area contributed by atoms with Gasteiger partial charge in [0, 0.05) is 12.6 Å². The molecule has 1 aromatic carbocycles. The molecule has 0 aliphatic carbocycles. The molecule has 2 amide bonds. The van der Waals surface area contributed by atoms with Crippen LogP contribution in [0.4, 0.5) is 10.5 Å². The summed E-state index contributed by atoms with van der Waals surface area (Å²) in [6, 6.07) is 3.94. The average Bonchev–Trinajstić information content (AvgIpc) is 2.43.